The fourth-order valence-electron chi connectivity index (χ4n) is 4.64. The van der Waals surface area contributed by atoms with Crippen LogP contribution in [0.1, 0.15) is 34.2 Å². The molecule has 2 N–H and O–H groups in total. The van der Waals surface area contributed by atoms with E-state index in [2.05, 4.69) is 15.4 Å². The Hall–Kier alpha value is -3.68. The van der Waals surface area contributed by atoms with E-state index >= 15 is 0 Å². The summed E-state index contributed by atoms with van der Waals surface area (Å²) in [5, 5.41) is 7.01. The SMILES string of the molecule is Cn1nc(C(=O)N2CC[C@]3(C(=O)Nc4ccccc43)[C@@H]2c2ccccc2)[nH]c1=O. The van der Waals surface area contributed by atoms with Gasteiger partial charge in [0, 0.05) is 19.3 Å². The second-order valence-electron chi connectivity index (χ2n) is 7.44. The topological polar surface area (TPSA) is 100 Å². The van der Waals surface area contributed by atoms with E-state index in [1.54, 1.807) is 4.90 Å². The van der Waals surface area contributed by atoms with Crippen molar-refractivity contribution in [2.75, 3.05) is 11.9 Å². The number of aromatic amines is 1. The number of anilines is 1. The number of aromatic nitrogens is 3. The minimum absolute atomic E-state index is 0.0258. The molecule has 8 heteroatoms. The number of amides is 2. The number of hydrogen-bond donors (Lipinski definition) is 2. The van der Waals surface area contributed by atoms with Gasteiger partial charge in [0.15, 0.2) is 0 Å². The van der Waals surface area contributed by atoms with Crippen molar-refractivity contribution in [3.63, 3.8) is 0 Å². The molecule has 5 rings (SSSR count). The van der Waals surface area contributed by atoms with E-state index in [0.717, 1.165) is 21.5 Å². The molecule has 0 aliphatic carbocycles. The molecule has 3 aromatic rings. The van der Waals surface area contributed by atoms with Gasteiger partial charge in [0.25, 0.3) is 5.91 Å². The summed E-state index contributed by atoms with van der Waals surface area (Å²) in [6.07, 6.45) is 0.484. The van der Waals surface area contributed by atoms with Crippen LogP contribution in [0, 0.1) is 0 Å². The number of nitrogens with one attached hydrogen (secondary N) is 2. The van der Waals surface area contributed by atoms with Crippen LogP contribution >= 0.6 is 0 Å². The fourth-order valence-corrected chi connectivity index (χ4v) is 4.64. The Morgan fingerprint density at radius 1 is 1.10 bits per heavy atom. The van der Waals surface area contributed by atoms with Gasteiger partial charge in [0.05, 0.1) is 6.04 Å². The molecule has 2 amide bonds. The summed E-state index contributed by atoms with van der Waals surface area (Å²) in [7, 11) is 1.48. The number of hydrogen-bond acceptors (Lipinski definition) is 4. The molecule has 8 nitrogen and oxygen atoms in total. The summed E-state index contributed by atoms with van der Waals surface area (Å²) in [5.74, 6) is -0.537. The smallest absolute Gasteiger partial charge is 0.327 e. The second kappa shape index (κ2) is 6.16. The van der Waals surface area contributed by atoms with E-state index in [1.807, 2.05) is 54.6 Å². The Balaban J connectivity index is 1.67. The van der Waals surface area contributed by atoms with Crippen molar-refractivity contribution in [2.45, 2.75) is 17.9 Å². The molecule has 0 unspecified atom stereocenters. The summed E-state index contributed by atoms with van der Waals surface area (Å²) >= 11 is 0. The Bertz CT molecular complexity index is 1180. The number of nitrogens with zero attached hydrogens (tertiary/aromatic N) is 3. The Morgan fingerprint density at radius 2 is 1.83 bits per heavy atom. The molecule has 2 aromatic carbocycles. The van der Waals surface area contributed by atoms with E-state index in [9.17, 15) is 14.4 Å². The van der Waals surface area contributed by atoms with E-state index < -0.39 is 23.1 Å². The summed E-state index contributed by atoms with van der Waals surface area (Å²) in [4.78, 5) is 42.5. The highest BCUT2D eigenvalue weighted by atomic mass is 16.2. The van der Waals surface area contributed by atoms with Crippen molar-refractivity contribution >= 4 is 17.5 Å². The van der Waals surface area contributed by atoms with Crippen LogP contribution in [0.15, 0.2) is 59.4 Å². The van der Waals surface area contributed by atoms with Crippen LogP contribution in [0.3, 0.4) is 0 Å². The fraction of sp³-hybridized carbons (Fsp3) is 0.238. The molecule has 0 radical (unpaired) electrons. The van der Waals surface area contributed by atoms with Gasteiger partial charge in [-0.05, 0) is 23.6 Å². The molecule has 1 spiro atoms. The van der Waals surface area contributed by atoms with Crippen molar-refractivity contribution in [1.29, 1.82) is 0 Å². The van der Waals surface area contributed by atoms with Crippen molar-refractivity contribution in [3.05, 3.63) is 82.0 Å². The molecule has 1 aromatic heterocycles. The maximum Gasteiger partial charge on any atom is 0.343 e. The zero-order valence-corrected chi connectivity index (χ0v) is 15.8. The molecule has 146 valence electrons. The van der Waals surface area contributed by atoms with Crippen molar-refractivity contribution in [1.82, 2.24) is 19.7 Å². The van der Waals surface area contributed by atoms with Gasteiger partial charge >= 0.3 is 5.69 Å². The van der Waals surface area contributed by atoms with Crippen LogP contribution in [0.4, 0.5) is 5.69 Å². The first kappa shape index (κ1) is 17.4. The molecule has 3 heterocycles. The van der Waals surface area contributed by atoms with Crippen LogP contribution in [0.2, 0.25) is 0 Å². The van der Waals surface area contributed by atoms with Crippen LogP contribution in [0.5, 0.6) is 0 Å². The highest BCUT2D eigenvalue weighted by Crippen LogP contribution is 2.54. The highest BCUT2D eigenvalue weighted by Gasteiger charge is 2.59. The van der Waals surface area contributed by atoms with Crippen LogP contribution < -0.4 is 11.0 Å². The standard InChI is InChI=1S/C21H19N5O3/c1-25-20(29)23-17(24-25)18(27)26-12-11-21(16(26)13-7-3-2-4-8-13)14-9-5-6-10-15(14)22-19(21)28/h2-10,16H,11-12H2,1H3,(H,22,28)(H,23,24,29)/t16-,21+/m0/s1. The van der Waals surface area contributed by atoms with Crippen LogP contribution in [-0.4, -0.2) is 38.0 Å². The number of rotatable bonds is 2. The van der Waals surface area contributed by atoms with E-state index in [0.29, 0.717) is 13.0 Å². The third-order valence-electron chi connectivity index (χ3n) is 5.93. The molecule has 2 aliphatic rings. The third-order valence-corrected chi connectivity index (χ3v) is 5.93. The van der Waals surface area contributed by atoms with Gasteiger partial charge in [0.2, 0.25) is 11.7 Å². The van der Waals surface area contributed by atoms with Gasteiger partial charge < -0.3 is 10.2 Å². The highest BCUT2D eigenvalue weighted by molar-refractivity contribution is 6.08. The summed E-state index contributed by atoms with van der Waals surface area (Å²) < 4.78 is 1.09. The predicted molar refractivity (Wildman–Crippen MR) is 105 cm³/mol. The normalized spacial score (nSPS) is 22.7. The molecular formula is C21H19N5O3. The first-order valence-electron chi connectivity index (χ1n) is 9.42. The van der Waals surface area contributed by atoms with Crippen molar-refractivity contribution in [3.8, 4) is 0 Å². The van der Waals surface area contributed by atoms with Crippen molar-refractivity contribution in [2.24, 2.45) is 7.05 Å². The van der Waals surface area contributed by atoms with Gasteiger partial charge in [0.1, 0.15) is 5.41 Å². The number of para-hydroxylation sites is 1. The third kappa shape index (κ3) is 2.38. The Morgan fingerprint density at radius 3 is 2.55 bits per heavy atom. The minimum atomic E-state index is -0.886. The number of carbonyl (C=O) groups is 2. The van der Waals surface area contributed by atoms with E-state index in [1.165, 1.54) is 7.05 Å². The lowest BCUT2D eigenvalue weighted by Crippen LogP contribution is -2.43. The largest absolute Gasteiger partial charge is 0.343 e. The molecule has 2 aliphatic heterocycles. The zero-order chi connectivity index (χ0) is 20.2. The Labute approximate surface area is 166 Å². The molecule has 1 fully saturated rings. The number of H-pyrrole nitrogens is 1. The lowest BCUT2D eigenvalue weighted by Gasteiger charge is -2.34. The number of likely N-dealkylation sites (tertiary alicyclic amines) is 1. The number of benzene rings is 2. The lowest BCUT2D eigenvalue weighted by molar-refractivity contribution is -0.121. The van der Waals surface area contributed by atoms with Gasteiger partial charge in [-0.3, -0.25) is 14.6 Å². The summed E-state index contributed by atoms with van der Waals surface area (Å²) in [5.41, 5.74) is 1.19. The molecule has 29 heavy (non-hydrogen) atoms. The maximum absolute atomic E-state index is 13.3. The van der Waals surface area contributed by atoms with Crippen molar-refractivity contribution < 1.29 is 9.59 Å². The lowest BCUT2D eigenvalue weighted by atomic mass is 9.72. The van der Waals surface area contributed by atoms with E-state index in [4.69, 9.17) is 0 Å². The number of fused-ring (bicyclic) bond motifs is 2. The molecular weight excluding hydrogens is 370 g/mol. The van der Waals surface area contributed by atoms with Crippen LogP contribution in [0.25, 0.3) is 0 Å². The average molecular weight is 389 g/mol. The molecule has 1 saturated heterocycles. The first-order chi connectivity index (χ1) is 14.0. The van der Waals surface area contributed by atoms with Gasteiger partial charge in [-0.25, -0.2) is 9.48 Å². The van der Waals surface area contributed by atoms with E-state index in [-0.39, 0.29) is 11.7 Å². The average Bonchev–Trinajstić information content (AvgIpc) is 3.38. The Kier molecular flexibility index (Phi) is 3.70. The monoisotopic (exact) mass is 389 g/mol. The number of carbonyl (C=O) groups excluding carboxylic acids is 2. The zero-order valence-electron chi connectivity index (χ0n) is 15.8. The number of aryl methyl sites for hydroxylation is 1. The maximum atomic E-state index is 13.3. The second-order valence-corrected chi connectivity index (χ2v) is 7.44. The molecule has 0 saturated carbocycles. The molecule has 2 atom stereocenters. The van der Waals surface area contributed by atoms with Crippen LogP contribution in [-0.2, 0) is 17.3 Å². The first-order valence-corrected chi connectivity index (χ1v) is 9.42. The van der Waals surface area contributed by atoms with Gasteiger partial charge in [-0.1, -0.05) is 48.5 Å². The summed E-state index contributed by atoms with van der Waals surface area (Å²) in [6, 6.07) is 16.6. The predicted octanol–water partition coefficient (Wildman–Crippen LogP) is 1.59. The molecule has 0 bridgehead atoms. The van der Waals surface area contributed by atoms with Gasteiger partial charge in [-0.2, -0.15) is 0 Å². The quantitative estimate of drug-likeness (QED) is 0.695. The minimum Gasteiger partial charge on any atom is -0.327 e. The van der Waals surface area contributed by atoms with Gasteiger partial charge in [-0.15, -0.1) is 5.10 Å². The summed E-state index contributed by atoms with van der Waals surface area (Å²) in [6.45, 7) is 0.374.